The van der Waals surface area contributed by atoms with Crippen LogP contribution in [-0.4, -0.2) is 33.5 Å². The van der Waals surface area contributed by atoms with Gasteiger partial charge in [0.05, 0.1) is 25.4 Å². The van der Waals surface area contributed by atoms with Gasteiger partial charge in [0.25, 0.3) is 0 Å². The number of aryl methyl sites for hydroxylation is 1. The summed E-state index contributed by atoms with van der Waals surface area (Å²) < 4.78 is 10.8. The maximum Gasteiger partial charge on any atom is 0.0781 e. The van der Waals surface area contributed by atoms with Crippen LogP contribution in [0.1, 0.15) is 24.1 Å². The van der Waals surface area contributed by atoms with Crippen LogP contribution >= 0.6 is 0 Å². The van der Waals surface area contributed by atoms with Crippen LogP contribution in [0.2, 0.25) is 0 Å². The lowest BCUT2D eigenvalue weighted by molar-refractivity contribution is 0.000210. The van der Waals surface area contributed by atoms with Crippen LogP contribution in [0, 0.1) is 6.92 Å². The van der Waals surface area contributed by atoms with E-state index in [1.165, 1.54) is 11.1 Å². The van der Waals surface area contributed by atoms with Gasteiger partial charge in [-0.1, -0.05) is 29.8 Å². The highest BCUT2D eigenvalue weighted by Gasteiger charge is 2.11. The zero-order valence-corrected chi connectivity index (χ0v) is 11.2. The van der Waals surface area contributed by atoms with Crippen LogP contribution in [0.5, 0.6) is 0 Å². The van der Waals surface area contributed by atoms with Gasteiger partial charge in [0.2, 0.25) is 0 Å². The van der Waals surface area contributed by atoms with Crippen molar-refractivity contribution < 1.29 is 9.47 Å². The number of benzene rings is 1. The normalized spacial score (nSPS) is 14.6. The van der Waals surface area contributed by atoms with Gasteiger partial charge in [0.15, 0.2) is 0 Å². The predicted octanol–water partition coefficient (Wildman–Crippen LogP) is 2.31. The van der Waals surface area contributed by atoms with Crippen molar-refractivity contribution in [2.45, 2.75) is 26.0 Å². The van der Waals surface area contributed by atoms with Crippen LogP contribution in [0.25, 0.3) is 0 Å². The molecule has 0 aliphatic rings. The molecule has 1 aromatic rings. The molecule has 0 saturated heterocycles. The molecule has 3 heteroatoms. The molecule has 2 unspecified atom stereocenters. The highest BCUT2D eigenvalue weighted by atomic mass is 16.5. The van der Waals surface area contributed by atoms with Crippen LogP contribution in [-0.2, 0) is 9.47 Å². The van der Waals surface area contributed by atoms with Gasteiger partial charge in [-0.3, -0.25) is 0 Å². The molecule has 0 aromatic heterocycles. The molecule has 1 aromatic carbocycles. The Kier molecular flexibility index (Phi) is 6.19. The van der Waals surface area contributed by atoms with E-state index in [4.69, 9.17) is 9.47 Å². The molecule has 3 nitrogen and oxygen atoms in total. The first-order chi connectivity index (χ1) is 8.17. The third-order valence-electron chi connectivity index (χ3n) is 2.78. The highest BCUT2D eigenvalue weighted by molar-refractivity contribution is 5.24. The molecule has 0 amide bonds. The molecule has 0 heterocycles. The van der Waals surface area contributed by atoms with E-state index in [9.17, 15) is 0 Å². The SMILES string of the molecule is CNC(COC(C)COC)c1ccc(C)cc1. The van der Waals surface area contributed by atoms with E-state index in [2.05, 4.69) is 36.5 Å². The number of likely N-dealkylation sites (N-methyl/N-ethyl adjacent to an activating group) is 1. The van der Waals surface area contributed by atoms with Gasteiger partial charge in [-0.25, -0.2) is 0 Å². The molecule has 0 saturated carbocycles. The summed E-state index contributed by atoms with van der Waals surface area (Å²) in [6.45, 7) is 5.40. The van der Waals surface area contributed by atoms with Crippen LogP contribution in [0.3, 0.4) is 0 Å². The minimum Gasteiger partial charge on any atom is -0.382 e. The molecule has 0 spiro atoms. The summed E-state index contributed by atoms with van der Waals surface area (Å²) in [5, 5.41) is 3.27. The lowest BCUT2D eigenvalue weighted by Gasteiger charge is -2.20. The zero-order chi connectivity index (χ0) is 12.7. The van der Waals surface area contributed by atoms with Crippen molar-refractivity contribution in [1.82, 2.24) is 5.32 Å². The summed E-state index contributed by atoms with van der Waals surface area (Å²) in [6.07, 6.45) is 0.126. The Hall–Kier alpha value is -0.900. The average Bonchev–Trinajstić information content (AvgIpc) is 2.32. The highest BCUT2D eigenvalue weighted by Crippen LogP contribution is 2.14. The molecule has 0 fully saturated rings. The second-order valence-corrected chi connectivity index (χ2v) is 4.35. The van der Waals surface area contributed by atoms with Gasteiger partial charge in [0.1, 0.15) is 0 Å². The molecular formula is C14H23NO2. The Morgan fingerprint density at radius 3 is 2.35 bits per heavy atom. The second kappa shape index (κ2) is 7.43. The van der Waals surface area contributed by atoms with Crippen molar-refractivity contribution in [2.24, 2.45) is 0 Å². The molecule has 0 aliphatic carbocycles. The molecular weight excluding hydrogens is 214 g/mol. The Morgan fingerprint density at radius 1 is 1.18 bits per heavy atom. The van der Waals surface area contributed by atoms with E-state index in [0.29, 0.717) is 13.2 Å². The van der Waals surface area contributed by atoms with Crippen molar-refractivity contribution in [3.63, 3.8) is 0 Å². The minimum absolute atomic E-state index is 0.126. The summed E-state index contributed by atoms with van der Waals surface area (Å²) in [4.78, 5) is 0. The lowest BCUT2D eigenvalue weighted by Crippen LogP contribution is -2.25. The van der Waals surface area contributed by atoms with Crippen LogP contribution in [0.4, 0.5) is 0 Å². The maximum absolute atomic E-state index is 5.73. The summed E-state index contributed by atoms with van der Waals surface area (Å²) in [5.74, 6) is 0. The zero-order valence-electron chi connectivity index (χ0n) is 11.2. The Bertz CT molecular complexity index is 311. The van der Waals surface area contributed by atoms with Gasteiger partial charge in [-0.2, -0.15) is 0 Å². The van der Waals surface area contributed by atoms with Crippen LogP contribution < -0.4 is 5.32 Å². The summed E-state index contributed by atoms with van der Waals surface area (Å²) in [5.41, 5.74) is 2.53. The van der Waals surface area contributed by atoms with E-state index >= 15 is 0 Å². The van der Waals surface area contributed by atoms with E-state index in [0.717, 1.165) is 0 Å². The van der Waals surface area contributed by atoms with E-state index < -0.39 is 0 Å². The monoisotopic (exact) mass is 237 g/mol. The fourth-order valence-corrected chi connectivity index (χ4v) is 1.69. The average molecular weight is 237 g/mol. The molecule has 17 heavy (non-hydrogen) atoms. The van der Waals surface area contributed by atoms with Gasteiger partial charge >= 0.3 is 0 Å². The van der Waals surface area contributed by atoms with Crippen molar-refractivity contribution >= 4 is 0 Å². The first-order valence-corrected chi connectivity index (χ1v) is 6.01. The summed E-state index contributed by atoms with van der Waals surface area (Å²) in [6, 6.07) is 8.76. The number of ether oxygens (including phenoxy) is 2. The van der Waals surface area contributed by atoms with Gasteiger partial charge in [-0.15, -0.1) is 0 Å². The summed E-state index contributed by atoms with van der Waals surface area (Å²) in [7, 11) is 3.64. The molecule has 1 rings (SSSR count). The summed E-state index contributed by atoms with van der Waals surface area (Å²) >= 11 is 0. The molecule has 0 aliphatic heterocycles. The number of methoxy groups -OCH3 is 1. The van der Waals surface area contributed by atoms with Gasteiger partial charge in [0, 0.05) is 7.11 Å². The van der Waals surface area contributed by atoms with Crippen molar-refractivity contribution in [3.8, 4) is 0 Å². The standard InChI is InChI=1S/C14H23NO2/c1-11-5-7-13(8-6-11)14(15-3)10-17-12(2)9-16-4/h5-8,12,14-15H,9-10H2,1-4H3. The molecule has 1 N–H and O–H groups in total. The quantitative estimate of drug-likeness (QED) is 0.789. The fourth-order valence-electron chi connectivity index (χ4n) is 1.69. The smallest absolute Gasteiger partial charge is 0.0781 e. The van der Waals surface area contributed by atoms with E-state index in [-0.39, 0.29) is 12.1 Å². The molecule has 96 valence electrons. The molecule has 0 radical (unpaired) electrons. The van der Waals surface area contributed by atoms with Gasteiger partial charge < -0.3 is 14.8 Å². The Morgan fingerprint density at radius 2 is 1.82 bits per heavy atom. The maximum atomic E-state index is 5.73. The predicted molar refractivity (Wildman–Crippen MR) is 70.3 cm³/mol. The minimum atomic E-state index is 0.126. The topological polar surface area (TPSA) is 30.5 Å². The number of rotatable bonds is 7. The van der Waals surface area contributed by atoms with Crippen molar-refractivity contribution in [1.29, 1.82) is 0 Å². The van der Waals surface area contributed by atoms with Crippen molar-refractivity contribution in [2.75, 3.05) is 27.4 Å². The fraction of sp³-hybridized carbons (Fsp3) is 0.571. The molecule has 0 bridgehead atoms. The van der Waals surface area contributed by atoms with E-state index in [1.54, 1.807) is 7.11 Å². The largest absolute Gasteiger partial charge is 0.382 e. The third-order valence-corrected chi connectivity index (χ3v) is 2.78. The van der Waals surface area contributed by atoms with E-state index in [1.807, 2.05) is 14.0 Å². The number of nitrogens with one attached hydrogen (secondary N) is 1. The second-order valence-electron chi connectivity index (χ2n) is 4.35. The third kappa shape index (κ3) is 4.86. The Balaban J connectivity index is 2.51. The number of hydrogen-bond acceptors (Lipinski definition) is 3. The number of hydrogen-bond donors (Lipinski definition) is 1. The Labute approximate surface area is 104 Å². The first-order valence-electron chi connectivity index (χ1n) is 6.01. The van der Waals surface area contributed by atoms with Crippen LogP contribution in [0.15, 0.2) is 24.3 Å². The lowest BCUT2D eigenvalue weighted by atomic mass is 10.1. The van der Waals surface area contributed by atoms with Crippen molar-refractivity contribution in [3.05, 3.63) is 35.4 Å². The first kappa shape index (κ1) is 14.2. The molecule has 2 atom stereocenters. The van der Waals surface area contributed by atoms with Gasteiger partial charge in [-0.05, 0) is 26.5 Å².